The zero-order valence-corrected chi connectivity index (χ0v) is 22.4. The minimum absolute atomic E-state index is 0.168. The first-order valence-corrected chi connectivity index (χ1v) is 14.4. The quantitative estimate of drug-likeness (QED) is 0.198. The number of esters is 1. The van der Waals surface area contributed by atoms with E-state index in [-0.39, 0.29) is 24.2 Å². The summed E-state index contributed by atoms with van der Waals surface area (Å²) in [5.41, 5.74) is -0.430. The van der Waals surface area contributed by atoms with Crippen molar-refractivity contribution in [3.63, 3.8) is 0 Å². The minimum Gasteiger partial charge on any atom is -0.482 e. The SMILES string of the molecule is CCC(CC)(OC(=O)COc1cccc([S+](c2ccc(F)cc2)c2ccc(F)cc2)c1)C1CCCCC1. The Morgan fingerprint density at radius 3 is 1.95 bits per heavy atom. The molecular weight excluding hydrogens is 490 g/mol. The highest BCUT2D eigenvalue weighted by Gasteiger charge is 2.40. The van der Waals surface area contributed by atoms with Gasteiger partial charge in [-0.1, -0.05) is 39.2 Å². The Labute approximate surface area is 221 Å². The molecule has 3 aromatic rings. The topological polar surface area (TPSA) is 35.5 Å². The maximum absolute atomic E-state index is 13.6. The van der Waals surface area contributed by atoms with Crippen molar-refractivity contribution in [1.82, 2.24) is 0 Å². The molecule has 4 rings (SSSR count). The van der Waals surface area contributed by atoms with Gasteiger partial charge in [0, 0.05) is 6.07 Å². The molecule has 1 aliphatic carbocycles. The summed E-state index contributed by atoms with van der Waals surface area (Å²) >= 11 is 0. The summed E-state index contributed by atoms with van der Waals surface area (Å²) in [4.78, 5) is 15.6. The van der Waals surface area contributed by atoms with Crippen LogP contribution >= 0.6 is 0 Å². The van der Waals surface area contributed by atoms with Crippen molar-refractivity contribution in [1.29, 1.82) is 0 Å². The van der Waals surface area contributed by atoms with Crippen molar-refractivity contribution < 1.29 is 23.0 Å². The van der Waals surface area contributed by atoms with Crippen LogP contribution in [0.1, 0.15) is 58.8 Å². The summed E-state index contributed by atoms with van der Waals surface area (Å²) in [7, 11) is -0.607. The molecule has 0 heterocycles. The predicted molar refractivity (Wildman–Crippen MR) is 143 cm³/mol. The van der Waals surface area contributed by atoms with Crippen LogP contribution < -0.4 is 4.74 Å². The van der Waals surface area contributed by atoms with Crippen LogP contribution in [0.5, 0.6) is 5.75 Å². The Morgan fingerprint density at radius 2 is 1.41 bits per heavy atom. The molecule has 0 amide bonds. The fourth-order valence-electron chi connectivity index (χ4n) is 5.32. The monoisotopic (exact) mass is 525 g/mol. The Morgan fingerprint density at radius 1 is 0.838 bits per heavy atom. The highest BCUT2D eigenvalue weighted by atomic mass is 32.2. The van der Waals surface area contributed by atoms with E-state index in [1.807, 2.05) is 24.3 Å². The van der Waals surface area contributed by atoms with Gasteiger partial charge in [-0.2, -0.15) is 0 Å². The average molecular weight is 526 g/mol. The van der Waals surface area contributed by atoms with E-state index < -0.39 is 16.5 Å². The van der Waals surface area contributed by atoms with Crippen molar-refractivity contribution >= 4 is 16.9 Å². The van der Waals surface area contributed by atoms with Crippen molar-refractivity contribution in [3.05, 3.63) is 84.4 Å². The van der Waals surface area contributed by atoms with E-state index in [2.05, 4.69) is 13.8 Å². The molecule has 6 heteroatoms. The second-order valence-corrected chi connectivity index (χ2v) is 11.6. The summed E-state index contributed by atoms with van der Waals surface area (Å²) in [6.07, 6.45) is 7.44. The van der Waals surface area contributed by atoms with E-state index in [0.29, 0.717) is 11.7 Å². The van der Waals surface area contributed by atoms with Gasteiger partial charge >= 0.3 is 5.97 Å². The third-order valence-corrected chi connectivity index (χ3v) is 9.57. The fraction of sp³-hybridized carbons (Fsp3) is 0.387. The molecule has 0 aromatic heterocycles. The first-order valence-electron chi connectivity index (χ1n) is 13.1. The fourth-order valence-corrected chi connectivity index (χ4v) is 7.40. The number of benzene rings is 3. The largest absolute Gasteiger partial charge is 0.482 e. The smallest absolute Gasteiger partial charge is 0.344 e. The molecule has 1 aliphatic rings. The van der Waals surface area contributed by atoms with Crippen LogP contribution in [0.2, 0.25) is 0 Å². The lowest BCUT2D eigenvalue weighted by atomic mass is 9.74. The number of carbonyl (C=O) groups is 1. The molecule has 0 N–H and O–H groups in total. The van der Waals surface area contributed by atoms with Crippen LogP contribution in [0.15, 0.2) is 87.5 Å². The van der Waals surface area contributed by atoms with Crippen LogP contribution in [0.4, 0.5) is 8.78 Å². The van der Waals surface area contributed by atoms with Crippen LogP contribution in [0.3, 0.4) is 0 Å². The highest BCUT2D eigenvalue weighted by molar-refractivity contribution is 7.97. The van der Waals surface area contributed by atoms with Gasteiger partial charge in [-0.25, -0.2) is 13.6 Å². The molecule has 1 saturated carbocycles. The lowest BCUT2D eigenvalue weighted by Crippen LogP contribution is -2.43. The molecular formula is C31H35F2O3S+. The third kappa shape index (κ3) is 6.72. The van der Waals surface area contributed by atoms with E-state index in [4.69, 9.17) is 9.47 Å². The van der Waals surface area contributed by atoms with Crippen molar-refractivity contribution in [2.24, 2.45) is 5.92 Å². The standard InChI is InChI=1S/C31H35F2O3S/c1-3-31(4-2,23-9-6-5-7-10-23)36-30(34)22-35-26-11-8-12-29(21-26)37(27-17-13-24(32)14-18-27)28-19-15-25(33)16-20-28/h8,11-21,23H,3-7,9-10,22H2,1-2H3/q+1. The summed E-state index contributed by atoms with van der Waals surface area (Å²) in [6.45, 7) is 4.03. The summed E-state index contributed by atoms with van der Waals surface area (Å²) < 4.78 is 39.3. The normalized spacial score (nSPS) is 14.5. The molecule has 0 atom stereocenters. The minimum atomic E-state index is -0.607. The Hall–Kier alpha value is -2.86. The Kier molecular flexibility index (Phi) is 9.25. The number of carbonyl (C=O) groups excluding carboxylic acids is 1. The van der Waals surface area contributed by atoms with Crippen LogP contribution in [-0.2, 0) is 20.4 Å². The number of hydrogen-bond acceptors (Lipinski definition) is 3. The number of hydrogen-bond donors (Lipinski definition) is 0. The summed E-state index contributed by atoms with van der Waals surface area (Å²) in [5, 5.41) is 0. The molecule has 0 radical (unpaired) electrons. The van der Waals surface area contributed by atoms with E-state index in [0.717, 1.165) is 40.4 Å². The van der Waals surface area contributed by atoms with Gasteiger partial charge in [-0.15, -0.1) is 0 Å². The van der Waals surface area contributed by atoms with Gasteiger partial charge in [0.05, 0.1) is 10.9 Å². The van der Waals surface area contributed by atoms with Crippen molar-refractivity contribution in [2.75, 3.05) is 6.61 Å². The molecule has 196 valence electrons. The van der Waals surface area contributed by atoms with Gasteiger partial charge in [0.15, 0.2) is 21.3 Å². The molecule has 37 heavy (non-hydrogen) atoms. The molecule has 1 fully saturated rings. The Balaban J connectivity index is 1.51. The molecule has 3 nitrogen and oxygen atoms in total. The van der Waals surface area contributed by atoms with Crippen molar-refractivity contribution in [3.8, 4) is 5.75 Å². The highest BCUT2D eigenvalue weighted by Crippen LogP contribution is 2.40. The van der Waals surface area contributed by atoms with Gasteiger partial charge in [-0.3, -0.25) is 0 Å². The number of halogens is 2. The van der Waals surface area contributed by atoms with Gasteiger partial charge < -0.3 is 9.47 Å². The zero-order valence-electron chi connectivity index (χ0n) is 21.6. The van der Waals surface area contributed by atoms with Gasteiger partial charge in [-0.05, 0) is 92.3 Å². The number of rotatable bonds is 10. The van der Waals surface area contributed by atoms with E-state index >= 15 is 0 Å². The second-order valence-electron chi connectivity index (χ2n) is 9.56. The van der Waals surface area contributed by atoms with Crippen LogP contribution in [0.25, 0.3) is 0 Å². The predicted octanol–water partition coefficient (Wildman–Crippen LogP) is 8.12. The maximum atomic E-state index is 13.6. The zero-order chi connectivity index (χ0) is 26.3. The molecule has 0 saturated heterocycles. The molecule has 0 spiro atoms. The van der Waals surface area contributed by atoms with Crippen LogP contribution in [0, 0.1) is 17.6 Å². The van der Waals surface area contributed by atoms with E-state index in [9.17, 15) is 13.6 Å². The molecule has 0 unspecified atom stereocenters. The second kappa shape index (κ2) is 12.6. The first kappa shape index (κ1) is 27.2. The molecule has 0 bridgehead atoms. The van der Waals surface area contributed by atoms with Gasteiger partial charge in [0.2, 0.25) is 0 Å². The maximum Gasteiger partial charge on any atom is 0.344 e. The van der Waals surface area contributed by atoms with Crippen LogP contribution in [-0.4, -0.2) is 18.2 Å². The molecule has 3 aromatic carbocycles. The lowest BCUT2D eigenvalue weighted by Gasteiger charge is -2.41. The summed E-state index contributed by atoms with van der Waals surface area (Å²) in [6, 6.07) is 20.2. The first-order chi connectivity index (χ1) is 17.9. The average Bonchev–Trinajstić information content (AvgIpc) is 2.94. The molecule has 0 aliphatic heterocycles. The number of ether oxygens (including phenoxy) is 2. The van der Waals surface area contributed by atoms with E-state index in [1.54, 1.807) is 24.3 Å². The van der Waals surface area contributed by atoms with Gasteiger partial charge in [0.1, 0.15) is 23.0 Å². The van der Waals surface area contributed by atoms with E-state index in [1.165, 1.54) is 43.5 Å². The van der Waals surface area contributed by atoms with Gasteiger partial charge in [0.25, 0.3) is 0 Å². The summed E-state index contributed by atoms with van der Waals surface area (Å²) in [5.74, 6) is -0.0315. The lowest BCUT2D eigenvalue weighted by molar-refractivity contribution is -0.172. The Bertz CT molecular complexity index is 1110. The third-order valence-electron chi connectivity index (χ3n) is 7.36. The van der Waals surface area contributed by atoms with Crippen molar-refractivity contribution in [2.45, 2.75) is 79.1 Å².